The van der Waals surface area contributed by atoms with Gasteiger partial charge in [-0.3, -0.25) is 4.79 Å². The molecule has 1 atom stereocenters. The number of amides is 1. The van der Waals surface area contributed by atoms with Gasteiger partial charge < -0.3 is 10.1 Å². The average molecular weight is 384 g/mol. The van der Waals surface area contributed by atoms with Crippen molar-refractivity contribution in [1.82, 2.24) is 0 Å². The normalized spacial score (nSPS) is 11.5. The molecule has 136 valence electrons. The van der Waals surface area contributed by atoms with E-state index in [9.17, 15) is 14.0 Å². The maximum absolute atomic E-state index is 13.1. The number of anilines is 1. The number of benzene rings is 3. The van der Waals surface area contributed by atoms with Crippen molar-refractivity contribution >= 4 is 29.2 Å². The molecule has 0 aliphatic rings. The quantitative estimate of drug-likeness (QED) is 0.630. The van der Waals surface area contributed by atoms with E-state index in [0.29, 0.717) is 11.3 Å². The molecule has 0 spiro atoms. The number of esters is 1. The topological polar surface area (TPSA) is 55.4 Å². The molecule has 4 nitrogen and oxygen atoms in total. The number of hydrogen-bond acceptors (Lipinski definition) is 3. The van der Waals surface area contributed by atoms with Crippen LogP contribution in [0.1, 0.15) is 22.0 Å². The zero-order valence-corrected chi connectivity index (χ0v) is 14.8. The molecule has 3 rings (SSSR count). The van der Waals surface area contributed by atoms with Crippen molar-refractivity contribution in [3.8, 4) is 0 Å². The van der Waals surface area contributed by atoms with Gasteiger partial charge in [-0.15, -0.1) is 0 Å². The molecule has 0 fully saturated rings. The minimum Gasteiger partial charge on any atom is -0.444 e. The molecule has 0 saturated carbocycles. The molecule has 1 amide bonds. The van der Waals surface area contributed by atoms with E-state index in [-0.39, 0.29) is 10.6 Å². The van der Waals surface area contributed by atoms with Gasteiger partial charge in [0.1, 0.15) is 5.82 Å². The average Bonchev–Trinajstić information content (AvgIpc) is 2.68. The largest absolute Gasteiger partial charge is 0.444 e. The van der Waals surface area contributed by atoms with Crippen LogP contribution in [0.5, 0.6) is 0 Å². The number of ether oxygens (including phenoxy) is 1. The van der Waals surface area contributed by atoms with Gasteiger partial charge in [0.25, 0.3) is 5.91 Å². The van der Waals surface area contributed by atoms with Crippen LogP contribution in [0.15, 0.2) is 78.9 Å². The van der Waals surface area contributed by atoms with Crippen LogP contribution in [0, 0.1) is 5.82 Å². The number of hydrogen-bond donors (Lipinski definition) is 1. The summed E-state index contributed by atoms with van der Waals surface area (Å²) in [5, 5.41) is 2.85. The molecule has 0 saturated heterocycles. The van der Waals surface area contributed by atoms with E-state index >= 15 is 0 Å². The smallest absolute Gasteiger partial charge is 0.340 e. The van der Waals surface area contributed by atoms with Crippen molar-refractivity contribution in [2.45, 2.75) is 6.10 Å². The van der Waals surface area contributed by atoms with Crippen molar-refractivity contribution in [3.63, 3.8) is 0 Å². The lowest BCUT2D eigenvalue weighted by molar-refractivity contribution is -0.125. The van der Waals surface area contributed by atoms with Crippen LogP contribution in [0.4, 0.5) is 10.1 Å². The highest BCUT2D eigenvalue weighted by molar-refractivity contribution is 6.33. The van der Waals surface area contributed by atoms with E-state index in [1.165, 1.54) is 30.3 Å². The predicted molar refractivity (Wildman–Crippen MR) is 101 cm³/mol. The van der Waals surface area contributed by atoms with Crippen molar-refractivity contribution in [3.05, 3.63) is 101 Å². The molecule has 0 radical (unpaired) electrons. The molecule has 0 aliphatic heterocycles. The number of halogens is 2. The lowest BCUT2D eigenvalue weighted by Gasteiger charge is -2.18. The lowest BCUT2D eigenvalue weighted by atomic mass is 10.1. The highest BCUT2D eigenvalue weighted by Crippen LogP contribution is 2.24. The molecule has 0 bridgehead atoms. The standard InChI is InChI=1S/C21H15ClFNO3/c22-18-9-5-4-8-17(18)21(26)27-19(14-6-2-1-3-7-14)20(25)24-16-12-10-15(23)11-13-16/h1-13,19H,(H,24,25)/t19-/m1/s1. The summed E-state index contributed by atoms with van der Waals surface area (Å²) in [5.41, 5.74) is 1.04. The lowest BCUT2D eigenvalue weighted by Crippen LogP contribution is -2.26. The molecule has 27 heavy (non-hydrogen) atoms. The number of rotatable bonds is 5. The van der Waals surface area contributed by atoms with Crippen molar-refractivity contribution < 1.29 is 18.7 Å². The second-order valence-corrected chi connectivity index (χ2v) is 6.08. The summed E-state index contributed by atoms with van der Waals surface area (Å²) >= 11 is 6.04. The van der Waals surface area contributed by atoms with Crippen LogP contribution in [0.2, 0.25) is 5.02 Å². The summed E-state index contributed by atoms with van der Waals surface area (Å²) in [6.45, 7) is 0. The Labute approximate surface area is 160 Å². The second kappa shape index (κ2) is 8.47. The van der Waals surface area contributed by atoms with E-state index in [0.717, 1.165) is 0 Å². The maximum Gasteiger partial charge on any atom is 0.340 e. The van der Waals surface area contributed by atoms with Crippen LogP contribution in [0.3, 0.4) is 0 Å². The van der Waals surface area contributed by atoms with Crippen LogP contribution >= 0.6 is 11.6 Å². The SMILES string of the molecule is O=C(O[C@@H](C(=O)Nc1ccc(F)cc1)c1ccccc1)c1ccccc1Cl. The fourth-order valence-electron chi connectivity index (χ4n) is 2.44. The molecule has 3 aromatic rings. The van der Waals surface area contributed by atoms with Gasteiger partial charge >= 0.3 is 5.97 Å². The van der Waals surface area contributed by atoms with Crippen LogP contribution < -0.4 is 5.32 Å². The summed E-state index contributed by atoms with van der Waals surface area (Å²) in [7, 11) is 0. The Kier molecular flexibility index (Phi) is 5.84. The van der Waals surface area contributed by atoms with Gasteiger partial charge in [-0.25, -0.2) is 9.18 Å². The summed E-state index contributed by atoms with van der Waals surface area (Å²) in [6, 6.07) is 20.3. The number of carbonyl (C=O) groups excluding carboxylic acids is 2. The van der Waals surface area contributed by atoms with E-state index in [4.69, 9.17) is 16.3 Å². The molecule has 0 aliphatic carbocycles. The zero-order valence-electron chi connectivity index (χ0n) is 14.1. The molecule has 0 heterocycles. The van der Waals surface area contributed by atoms with Gasteiger partial charge in [0.05, 0.1) is 10.6 Å². The first-order chi connectivity index (χ1) is 13.0. The van der Waals surface area contributed by atoms with Crippen molar-refractivity contribution in [2.75, 3.05) is 5.32 Å². The molecule has 6 heteroatoms. The summed E-state index contributed by atoms with van der Waals surface area (Å²) in [5.74, 6) is -1.70. The molecule has 0 unspecified atom stereocenters. The molecule has 3 aromatic carbocycles. The highest BCUT2D eigenvalue weighted by Gasteiger charge is 2.26. The van der Waals surface area contributed by atoms with Crippen LogP contribution in [0.25, 0.3) is 0 Å². The fourth-order valence-corrected chi connectivity index (χ4v) is 2.65. The third kappa shape index (κ3) is 4.71. The summed E-state index contributed by atoms with van der Waals surface area (Å²) < 4.78 is 18.5. The third-order valence-corrected chi connectivity index (χ3v) is 4.10. The summed E-state index contributed by atoms with van der Waals surface area (Å²) in [6.07, 6.45) is -1.19. The van der Waals surface area contributed by atoms with E-state index in [1.807, 2.05) is 0 Å². The first-order valence-electron chi connectivity index (χ1n) is 8.11. The van der Waals surface area contributed by atoms with E-state index in [2.05, 4.69) is 5.32 Å². The predicted octanol–water partition coefficient (Wildman–Crippen LogP) is 5.02. The van der Waals surface area contributed by atoms with Gasteiger partial charge in [0.15, 0.2) is 0 Å². The Morgan fingerprint density at radius 1 is 0.889 bits per heavy atom. The van der Waals surface area contributed by atoms with Crippen molar-refractivity contribution in [2.24, 2.45) is 0 Å². The van der Waals surface area contributed by atoms with Crippen molar-refractivity contribution in [1.29, 1.82) is 0 Å². The minimum atomic E-state index is -1.19. The van der Waals surface area contributed by atoms with Gasteiger partial charge in [-0.05, 0) is 36.4 Å². The first kappa shape index (κ1) is 18.6. The molecular weight excluding hydrogens is 369 g/mol. The molecule has 0 aromatic heterocycles. The number of nitrogens with one attached hydrogen (secondary N) is 1. The van der Waals surface area contributed by atoms with Gasteiger partial charge in [-0.1, -0.05) is 54.1 Å². The first-order valence-corrected chi connectivity index (χ1v) is 8.49. The van der Waals surface area contributed by atoms with E-state index in [1.54, 1.807) is 48.5 Å². The van der Waals surface area contributed by atoms with Gasteiger partial charge in [0.2, 0.25) is 6.10 Å². The van der Waals surface area contributed by atoms with Crippen LogP contribution in [-0.2, 0) is 9.53 Å². The Balaban J connectivity index is 1.85. The number of carbonyl (C=O) groups is 2. The molecular formula is C21H15ClFNO3. The Morgan fingerprint density at radius 3 is 2.19 bits per heavy atom. The van der Waals surface area contributed by atoms with E-state index < -0.39 is 23.8 Å². The summed E-state index contributed by atoms with van der Waals surface area (Å²) in [4.78, 5) is 25.2. The van der Waals surface area contributed by atoms with Crippen LogP contribution in [-0.4, -0.2) is 11.9 Å². The fraction of sp³-hybridized carbons (Fsp3) is 0.0476. The highest BCUT2D eigenvalue weighted by atomic mass is 35.5. The minimum absolute atomic E-state index is 0.162. The second-order valence-electron chi connectivity index (χ2n) is 5.67. The zero-order chi connectivity index (χ0) is 19.2. The Bertz CT molecular complexity index is 945. The van der Waals surface area contributed by atoms with Gasteiger partial charge in [-0.2, -0.15) is 0 Å². The Morgan fingerprint density at radius 2 is 1.52 bits per heavy atom. The molecule has 1 N–H and O–H groups in total. The van der Waals surface area contributed by atoms with Gasteiger partial charge in [0, 0.05) is 11.3 Å². The monoisotopic (exact) mass is 383 g/mol. The third-order valence-electron chi connectivity index (χ3n) is 3.77. The Hall–Kier alpha value is -3.18. The maximum atomic E-state index is 13.1.